The number of thioether (sulfide) groups is 1. The van der Waals surface area contributed by atoms with Crippen molar-refractivity contribution in [3.8, 4) is 5.75 Å². The Labute approximate surface area is 161 Å². The molecule has 26 heavy (non-hydrogen) atoms. The van der Waals surface area contributed by atoms with E-state index in [2.05, 4.69) is 41.0 Å². The van der Waals surface area contributed by atoms with Crippen molar-refractivity contribution in [1.82, 2.24) is 16.0 Å². The van der Waals surface area contributed by atoms with Gasteiger partial charge in [0.05, 0.1) is 6.54 Å². The first kappa shape index (κ1) is 22.2. The number of carbonyl (C=O) groups excluding carboxylic acids is 1. The van der Waals surface area contributed by atoms with E-state index in [9.17, 15) is 4.79 Å². The lowest BCUT2D eigenvalue weighted by molar-refractivity contribution is -0.122. The molecule has 1 amide bonds. The van der Waals surface area contributed by atoms with Crippen LogP contribution in [0.5, 0.6) is 5.75 Å². The highest BCUT2D eigenvalue weighted by atomic mass is 32.2. The first-order valence-electron chi connectivity index (χ1n) is 8.96. The molecule has 1 aromatic carbocycles. The van der Waals surface area contributed by atoms with E-state index in [0.29, 0.717) is 18.8 Å². The third-order valence-corrected chi connectivity index (χ3v) is 4.89. The van der Waals surface area contributed by atoms with Crippen molar-refractivity contribution in [1.29, 1.82) is 0 Å². The highest BCUT2D eigenvalue weighted by molar-refractivity contribution is 7.99. The molecule has 3 N–H and O–H groups in total. The van der Waals surface area contributed by atoms with E-state index in [1.807, 2.05) is 49.9 Å². The average Bonchev–Trinajstić information content (AvgIpc) is 2.63. The molecule has 0 saturated heterocycles. The van der Waals surface area contributed by atoms with Gasteiger partial charge in [0.2, 0.25) is 0 Å². The molecule has 0 aliphatic carbocycles. The standard InChI is InChI=1S/C19H32N4O2S/c1-6-20-17(24)13-25-16-10-8-9-15(11-16)12-22-18(21-7-2)23-14-19(3,4)26-5/h8-11H,6-7,12-14H2,1-5H3,(H,20,24)(H2,21,22,23). The summed E-state index contributed by atoms with van der Waals surface area (Å²) in [5, 5.41) is 9.36. The maximum atomic E-state index is 11.5. The van der Waals surface area contributed by atoms with Crippen LogP contribution >= 0.6 is 11.8 Å². The number of nitrogens with zero attached hydrogens (tertiary/aromatic N) is 1. The Kier molecular flexibility index (Phi) is 9.95. The topological polar surface area (TPSA) is 74.8 Å². The predicted molar refractivity (Wildman–Crippen MR) is 111 cm³/mol. The summed E-state index contributed by atoms with van der Waals surface area (Å²) >= 11 is 1.82. The molecule has 6 nitrogen and oxygen atoms in total. The monoisotopic (exact) mass is 380 g/mol. The molecule has 0 unspecified atom stereocenters. The van der Waals surface area contributed by atoms with Gasteiger partial charge in [0.25, 0.3) is 5.91 Å². The van der Waals surface area contributed by atoms with Gasteiger partial charge in [-0.25, -0.2) is 4.99 Å². The zero-order chi connectivity index (χ0) is 19.4. The molecule has 0 aromatic heterocycles. The maximum absolute atomic E-state index is 11.5. The molecule has 0 aliphatic heterocycles. The number of likely N-dealkylation sites (N-methyl/N-ethyl adjacent to an activating group) is 1. The minimum atomic E-state index is -0.119. The Bertz CT molecular complexity index is 591. The van der Waals surface area contributed by atoms with Crippen LogP contribution in [0.1, 0.15) is 33.3 Å². The van der Waals surface area contributed by atoms with Crippen LogP contribution in [0.3, 0.4) is 0 Å². The molecule has 0 heterocycles. The van der Waals surface area contributed by atoms with E-state index in [1.165, 1.54) is 0 Å². The first-order valence-corrected chi connectivity index (χ1v) is 10.2. The third kappa shape index (κ3) is 8.99. The number of hydrogen-bond acceptors (Lipinski definition) is 4. The van der Waals surface area contributed by atoms with Gasteiger partial charge in [0.15, 0.2) is 12.6 Å². The summed E-state index contributed by atoms with van der Waals surface area (Å²) < 4.78 is 5.67. The fraction of sp³-hybridized carbons (Fsp3) is 0.579. The van der Waals surface area contributed by atoms with Crippen LogP contribution in [0.2, 0.25) is 0 Å². The number of hydrogen-bond donors (Lipinski definition) is 3. The fourth-order valence-corrected chi connectivity index (χ4v) is 2.23. The third-order valence-electron chi connectivity index (χ3n) is 3.64. The molecule has 0 saturated carbocycles. The summed E-state index contributed by atoms with van der Waals surface area (Å²) in [5.74, 6) is 1.35. The minimum Gasteiger partial charge on any atom is -0.484 e. The summed E-state index contributed by atoms with van der Waals surface area (Å²) in [6, 6.07) is 7.67. The summed E-state index contributed by atoms with van der Waals surface area (Å²) in [6.07, 6.45) is 2.11. The van der Waals surface area contributed by atoms with E-state index >= 15 is 0 Å². The van der Waals surface area contributed by atoms with Crippen molar-refractivity contribution < 1.29 is 9.53 Å². The van der Waals surface area contributed by atoms with E-state index in [-0.39, 0.29) is 17.3 Å². The highest BCUT2D eigenvalue weighted by Crippen LogP contribution is 2.19. The second-order valence-electron chi connectivity index (χ2n) is 6.40. The van der Waals surface area contributed by atoms with Gasteiger partial charge in [-0.2, -0.15) is 11.8 Å². The second kappa shape index (κ2) is 11.7. The van der Waals surface area contributed by atoms with E-state index in [4.69, 9.17) is 4.74 Å². The van der Waals surface area contributed by atoms with E-state index in [1.54, 1.807) is 0 Å². The number of guanidine groups is 1. The number of amides is 1. The van der Waals surface area contributed by atoms with Crippen LogP contribution in [0.25, 0.3) is 0 Å². The Morgan fingerprint density at radius 3 is 2.58 bits per heavy atom. The van der Waals surface area contributed by atoms with Crippen LogP contribution < -0.4 is 20.7 Å². The molecule has 0 spiro atoms. The highest BCUT2D eigenvalue weighted by Gasteiger charge is 2.16. The normalized spacial score (nSPS) is 11.8. The minimum absolute atomic E-state index is 0.0223. The van der Waals surface area contributed by atoms with Gasteiger partial charge in [-0.1, -0.05) is 12.1 Å². The molecule has 0 fully saturated rings. The summed E-state index contributed by atoms with van der Waals surface area (Å²) in [4.78, 5) is 16.1. The van der Waals surface area contributed by atoms with Gasteiger partial charge in [-0.3, -0.25) is 4.79 Å². The lowest BCUT2D eigenvalue weighted by Gasteiger charge is -2.23. The SMILES string of the molecule is CCNC(=O)COc1cccc(CN=C(NCC)NCC(C)(C)SC)c1. The van der Waals surface area contributed by atoms with Gasteiger partial charge in [0.1, 0.15) is 5.75 Å². The number of benzene rings is 1. The molecular weight excluding hydrogens is 348 g/mol. The van der Waals surface area contributed by atoms with Crippen molar-refractivity contribution in [3.63, 3.8) is 0 Å². The summed E-state index contributed by atoms with van der Waals surface area (Å²) in [5.41, 5.74) is 1.03. The molecule has 1 aromatic rings. The van der Waals surface area contributed by atoms with Gasteiger partial charge >= 0.3 is 0 Å². The van der Waals surface area contributed by atoms with Crippen molar-refractivity contribution in [2.45, 2.75) is 39.0 Å². The van der Waals surface area contributed by atoms with E-state index < -0.39 is 0 Å². The van der Waals surface area contributed by atoms with Crippen molar-refractivity contribution in [2.24, 2.45) is 4.99 Å². The molecule has 0 bridgehead atoms. The van der Waals surface area contributed by atoms with E-state index in [0.717, 1.165) is 24.6 Å². The second-order valence-corrected chi connectivity index (χ2v) is 7.92. The fourth-order valence-electron chi connectivity index (χ4n) is 2.01. The first-order chi connectivity index (χ1) is 12.4. The molecule has 1 rings (SSSR count). The van der Waals surface area contributed by atoms with Crippen molar-refractivity contribution >= 4 is 23.6 Å². The number of nitrogens with one attached hydrogen (secondary N) is 3. The number of carbonyl (C=O) groups is 1. The maximum Gasteiger partial charge on any atom is 0.257 e. The molecule has 0 atom stereocenters. The Morgan fingerprint density at radius 1 is 1.19 bits per heavy atom. The lowest BCUT2D eigenvalue weighted by atomic mass is 10.2. The molecular formula is C19H32N4O2S. The number of ether oxygens (including phenoxy) is 1. The smallest absolute Gasteiger partial charge is 0.257 e. The Morgan fingerprint density at radius 2 is 1.92 bits per heavy atom. The number of aliphatic imine (C=N–C) groups is 1. The van der Waals surface area contributed by atoms with Crippen LogP contribution in [-0.4, -0.2) is 49.1 Å². The number of rotatable bonds is 10. The van der Waals surface area contributed by atoms with Gasteiger partial charge in [-0.15, -0.1) is 0 Å². The zero-order valence-electron chi connectivity index (χ0n) is 16.5. The Hall–Kier alpha value is -1.89. The van der Waals surface area contributed by atoms with Gasteiger partial charge in [-0.05, 0) is 51.6 Å². The molecule has 7 heteroatoms. The summed E-state index contributed by atoms with van der Waals surface area (Å²) in [6.45, 7) is 11.1. The van der Waals surface area contributed by atoms with Crippen LogP contribution in [0, 0.1) is 0 Å². The average molecular weight is 381 g/mol. The van der Waals surface area contributed by atoms with Crippen LogP contribution in [0.4, 0.5) is 0 Å². The van der Waals surface area contributed by atoms with Crippen molar-refractivity contribution in [2.75, 3.05) is 32.5 Å². The lowest BCUT2D eigenvalue weighted by Crippen LogP contribution is -2.43. The summed E-state index contributed by atoms with van der Waals surface area (Å²) in [7, 11) is 0. The molecule has 0 aliphatic rings. The zero-order valence-corrected chi connectivity index (χ0v) is 17.3. The quantitative estimate of drug-likeness (QED) is 0.429. The predicted octanol–water partition coefficient (Wildman–Crippen LogP) is 2.40. The van der Waals surface area contributed by atoms with Crippen molar-refractivity contribution in [3.05, 3.63) is 29.8 Å². The van der Waals surface area contributed by atoms with Gasteiger partial charge < -0.3 is 20.7 Å². The molecule has 0 radical (unpaired) electrons. The molecule has 146 valence electrons. The van der Waals surface area contributed by atoms with Crippen LogP contribution in [0.15, 0.2) is 29.3 Å². The Balaban J connectivity index is 2.65. The van der Waals surface area contributed by atoms with Gasteiger partial charge in [0, 0.05) is 24.4 Å². The van der Waals surface area contributed by atoms with Crippen LogP contribution in [-0.2, 0) is 11.3 Å². The largest absolute Gasteiger partial charge is 0.484 e.